The highest BCUT2D eigenvalue weighted by Gasteiger charge is 2.21. The molecule has 0 aliphatic heterocycles. The number of rotatable bonds is 4. The third-order valence-electron chi connectivity index (χ3n) is 2.57. The molecular formula is C13H9FN2O4. The van der Waals surface area contributed by atoms with Crippen molar-refractivity contribution < 1.29 is 19.2 Å². The van der Waals surface area contributed by atoms with Crippen molar-refractivity contribution in [2.75, 3.05) is 5.32 Å². The van der Waals surface area contributed by atoms with Crippen molar-refractivity contribution in [2.24, 2.45) is 0 Å². The van der Waals surface area contributed by atoms with Crippen LogP contribution in [-0.2, 0) is 0 Å². The second-order valence-electron chi connectivity index (χ2n) is 3.90. The number of nitro groups is 1. The maximum atomic E-state index is 13.6. The van der Waals surface area contributed by atoms with Crippen molar-refractivity contribution >= 4 is 23.0 Å². The number of halogens is 1. The molecule has 0 aliphatic rings. The van der Waals surface area contributed by atoms with Crippen molar-refractivity contribution in [2.45, 2.75) is 0 Å². The van der Waals surface area contributed by atoms with E-state index < -0.39 is 28.0 Å². The van der Waals surface area contributed by atoms with E-state index in [0.29, 0.717) is 11.8 Å². The van der Waals surface area contributed by atoms with Crippen LogP contribution in [0.2, 0.25) is 0 Å². The summed E-state index contributed by atoms with van der Waals surface area (Å²) < 4.78 is 13.6. The number of hydrogen-bond donors (Lipinski definition) is 2. The summed E-state index contributed by atoms with van der Waals surface area (Å²) in [6.45, 7) is 0. The van der Waals surface area contributed by atoms with Gasteiger partial charge in [-0.05, 0) is 12.1 Å². The highest BCUT2D eigenvalue weighted by Crippen LogP contribution is 2.30. The SMILES string of the molecule is O=C(O)c1cc([N+](=O)[O-])c(Nc2ccccc2)cc1F. The minimum absolute atomic E-state index is 0.108. The van der Waals surface area contributed by atoms with E-state index in [-0.39, 0.29) is 5.69 Å². The van der Waals surface area contributed by atoms with Gasteiger partial charge in [0.1, 0.15) is 17.1 Å². The molecule has 102 valence electrons. The van der Waals surface area contributed by atoms with E-state index in [0.717, 1.165) is 6.07 Å². The predicted molar refractivity (Wildman–Crippen MR) is 69.7 cm³/mol. The molecule has 0 unspecified atom stereocenters. The quantitative estimate of drug-likeness (QED) is 0.660. The molecule has 20 heavy (non-hydrogen) atoms. The van der Waals surface area contributed by atoms with E-state index in [1.54, 1.807) is 30.3 Å². The first-order valence-electron chi connectivity index (χ1n) is 5.52. The lowest BCUT2D eigenvalue weighted by Gasteiger charge is -2.08. The van der Waals surface area contributed by atoms with Gasteiger partial charge in [-0.25, -0.2) is 9.18 Å². The Balaban J connectivity index is 2.49. The number of para-hydroxylation sites is 1. The molecule has 6 nitrogen and oxygen atoms in total. The molecule has 7 heteroatoms. The van der Waals surface area contributed by atoms with Gasteiger partial charge in [0.05, 0.1) is 4.92 Å². The van der Waals surface area contributed by atoms with E-state index in [1.807, 2.05) is 0 Å². The largest absolute Gasteiger partial charge is 0.478 e. The molecular weight excluding hydrogens is 267 g/mol. The lowest BCUT2D eigenvalue weighted by Crippen LogP contribution is -2.05. The fourth-order valence-corrected chi connectivity index (χ4v) is 1.65. The van der Waals surface area contributed by atoms with Crippen LogP contribution in [0.15, 0.2) is 42.5 Å². The number of carboxylic acid groups (broad SMARTS) is 1. The van der Waals surface area contributed by atoms with Gasteiger partial charge in [-0.1, -0.05) is 18.2 Å². The van der Waals surface area contributed by atoms with Crippen LogP contribution in [0.1, 0.15) is 10.4 Å². The number of carbonyl (C=O) groups is 1. The van der Waals surface area contributed by atoms with Crippen molar-refractivity contribution in [3.63, 3.8) is 0 Å². The Morgan fingerprint density at radius 1 is 1.25 bits per heavy atom. The molecule has 2 aromatic rings. The third kappa shape index (κ3) is 2.72. The number of anilines is 2. The molecule has 0 bridgehead atoms. The molecule has 2 N–H and O–H groups in total. The first kappa shape index (κ1) is 13.5. The van der Waals surface area contributed by atoms with E-state index >= 15 is 0 Å². The van der Waals surface area contributed by atoms with Crippen molar-refractivity contribution in [3.05, 3.63) is 64.0 Å². The first-order valence-corrected chi connectivity index (χ1v) is 5.52. The number of benzene rings is 2. The molecule has 0 aromatic heterocycles. The average molecular weight is 276 g/mol. The Morgan fingerprint density at radius 3 is 2.45 bits per heavy atom. The Kier molecular flexibility index (Phi) is 3.60. The summed E-state index contributed by atoms with van der Waals surface area (Å²) in [7, 11) is 0. The van der Waals surface area contributed by atoms with Crippen molar-refractivity contribution in [3.8, 4) is 0 Å². The van der Waals surface area contributed by atoms with Gasteiger partial charge in [-0.15, -0.1) is 0 Å². The van der Waals surface area contributed by atoms with E-state index in [1.165, 1.54) is 0 Å². The molecule has 2 rings (SSSR count). The zero-order valence-electron chi connectivity index (χ0n) is 10.0. The van der Waals surface area contributed by atoms with Gasteiger partial charge in [0, 0.05) is 17.8 Å². The van der Waals surface area contributed by atoms with Crippen LogP contribution in [0.3, 0.4) is 0 Å². The number of aromatic carboxylic acids is 1. The van der Waals surface area contributed by atoms with Gasteiger partial charge in [0.2, 0.25) is 0 Å². The van der Waals surface area contributed by atoms with Crippen LogP contribution in [-0.4, -0.2) is 16.0 Å². The fourth-order valence-electron chi connectivity index (χ4n) is 1.65. The van der Waals surface area contributed by atoms with Crippen molar-refractivity contribution in [1.29, 1.82) is 0 Å². The second kappa shape index (κ2) is 5.35. The van der Waals surface area contributed by atoms with Crippen LogP contribution in [0.25, 0.3) is 0 Å². The monoisotopic (exact) mass is 276 g/mol. The standard InChI is InChI=1S/C13H9FN2O4/c14-10-7-11(15-8-4-2-1-3-5-8)12(16(19)20)6-9(10)13(17)18/h1-7,15H,(H,17,18). The summed E-state index contributed by atoms with van der Waals surface area (Å²) in [6.07, 6.45) is 0. The Labute approximate surface area is 112 Å². The number of nitrogens with zero attached hydrogens (tertiary/aromatic N) is 1. The van der Waals surface area contributed by atoms with Crippen molar-refractivity contribution in [1.82, 2.24) is 0 Å². The molecule has 0 heterocycles. The Bertz CT molecular complexity index is 674. The molecule has 0 saturated carbocycles. The maximum absolute atomic E-state index is 13.6. The summed E-state index contributed by atoms with van der Waals surface area (Å²) in [4.78, 5) is 21.0. The summed E-state index contributed by atoms with van der Waals surface area (Å²) in [5, 5.41) is 22.4. The number of carboxylic acids is 1. The number of nitrogens with one attached hydrogen (secondary N) is 1. The topological polar surface area (TPSA) is 92.5 Å². The minimum atomic E-state index is -1.56. The molecule has 0 radical (unpaired) electrons. The van der Waals surface area contributed by atoms with Crippen LogP contribution in [0.4, 0.5) is 21.5 Å². The lowest BCUT2D eigenvalue weighted by atomic mass is 10.1. The highest BCUT2D eigenvalue weighted by atomic mass is 19.1. The molecule has 2 aromatic carbocycles. The zero-order valence-corrected chi connectivity index (χ0v) is 10.0. The Hall–Kier alpha value is -2.96. The summed E-state index contributed by atoms with van der Waals surface area (Å²) in [6, 6.07) is 9.96. The maximum Gasteiger partial charge on any atom is 0.338 e. The van der Waals surface area contributed by atoms with Gasteiger partial charge in [-0.3, -0.25) is 10.1 Å². The average Bonchev–Trinajstić information content (AvgIpc) is 2.39. The van der Waals surface area contributed by atoms with Gasteiger partial charge >= 0.3 is 5.97 Å². The second-order valence-corrected chi connectivity index (χ2v) is 3.90. The number of nitro benzene ring substituents is 1. The van der Waals surface area contributed by atoms with E-state index in [9.17, 15) is 19.3 Å². The summed E-state index contributed by atoms with van der Waals surface area (Å²) in [5.41, 5.74) is -0.829. The smallest absolute Gasteiger partial charge is 0.338 e. The van der Waals surface area contributed by atoms with Gasteiger partial charge in [0.15, 0.2) is 0 Å². The molecule has 0 atom stereocenters. The highest BCUT2D eigenvalue weighted by molar-refractivity contribution is 5.90. The third-order valence-corrected chi connectivity index (χ3v) is 2.57. The first-order chi connectivity index (χ1) is 9.49. The van der Waals surface area contributed by atoms with E-state index in [2.05, 4.69) is 5.32 Å². The van der Waals surface area contributed by atoms with Gasteiger partial charge in [0.25, 0.3) is 5.69 Å². The van der Waals surface area contributed by atoms with Crippen LogP contribution >= 0.6 is 0 Å². The van der Waals surface area contributed by atoms with Crippen LogP contribution in [0.5, 0.6) is 0 Å². The predicted octanol–water partition coefficient (Wildman–Crippen LogP) is 3.18. The molecule has 0 amide bonds. The summed E-state index contributed by atoms with van der Waals surface area (Å²) in [5.74, 6) is -2.60. The van der Waals surface area contributed by atoms with E-state index in [4.69, 9.17) is 5.11 Å². The summed E-state index contributed by atoms with van der Waals surface area (Å²) >= 11 is 0. The Morgan fingerprint density at radius 2 is 1.90 bits per heavy atom. The van der Waals surface area contributed by atoms with Crippen LogP contribution in [0, 0.1) is 15.9 Å². The molecule has 0 aliphatic carbocycles. The number of hydrogen-bond acceptors (Lipinski definition) is 4. The molecule has 0 spiro atoms. The fraction of sp³-hybridized carbons (Fsp3) is 0. The lowest BCUT2D eigenvalue weighted by molar-refractivity contribution is -0.384. The molecule has 0 saturated heterocycles. The normalized spacial score (nSPS) is 10.1. The van der Waals surface area contributed by atoms with Gasteiger partial charge in [-0.2, -0.15) is 0 Å². The zero-order chi connectivity index (χ0) is 14.7. The van der Waals surface area contributed by atoms with Crippen LogP contribution < -0.4 is 5.32 Å². The van der Waals surface area contributed by atoms with Gasteiger partial charge < -0.3 is 10.4 Å². The molecule has 0 fully saturated rings. The minimum Gasteiger partial charge on any atom is -0.478 e.